The Labute approximate surface area is 162 Å². The minimum atomic E-state index is -1.64. The first-order chi connectivity index (χ1) is 12.0. The minimum Gasteiger partial charge on any atom is -0.466 e. The summed E-state index contributed by atoms with van der Waals surface area (Å²) in [5.41, 5.74) is -0.0359. The molecule has 7 heteroatoms. The Bertz CT molecular complexity index is 413. The normalized spacial score (nSPS) is 13.5. The van der Waals surface area contributed by atoms with Crippen LogP contribution in [0.3, 0.4) is 0 Å². The van der Waals surface area contributed by atoms with Gasteiger partial charge in [-0.2, -0.15) is 0 Å². The maximum absolute atomic E-state index is 12.1. The first-order valence-electron chi connectivity index (χ1n) is 9.81. The summed E-state index contributed by atoms with van der Waals surface area (Å²) in [6, 6.07) is 1.12. The molecule has 0 aromatic carbocycles. The number of ether oxygens (including phenoxy) is 3. The zero-order valence-corrected chi connectivity index (χ0v) is 20.0. The molecule has 0 saturated heterocycles. The van der Waals surface area contributed by atoms with Gasteiger partial charge in [-0.15, -0.1) is 0 Å². The molecule has 0 amide bonds. The van der Waals surface area contributed by atoms with Gasteiger partial charge >= 0.3 is 5.97 Å². The Morgan fingerprint density at radius 2 is 1.54 bits per heavy atom. The third kappa shape index (κ3) is 13.7. The summed E-state index contributed by atoms with van der Waals surface area (Å²) < 4.78 is 16.0. The summed E-state index contributed by atoms with van der Waals surface area (Å²) in [5, 5.41) is 0. The molecule has 0 bridgehead atoms. The number of hydrogen-bond donors (Lipinski definition) is 0. The van der Waals surface area contributed by atoms with E-state index in [-0.39, 0.29) is 24.1 Å². The fourth-order valence-corrected chi connectivity index (χ4v) is 5.13. The summed E-state index contributed by atoms with van der Waals surface area (Å²) in [7, 11) is -2.70. The van der Waals surface area contributed by atoms with Gasteiger partial charge in [0.1, 0.15) is 12.6 Å². The molecular formula is C19H40O5Si2. The average molecular weight is 405 g/mol. The highest BCUT2D eigenvalue weighted by Gasteiger charge is 2.33. The minimum absolute atomic E-state index is 0.0359. The van der Waals surface area contributed by atoms with Crippen molar-refractivity contribution in [2.45, 2.75) is 83.5 Å². The van der Waals surface area contributed by atoms with Gasteiger partial charge in [0.2, 0.25) is 0 Å². The number of carbonyl (C=O) groups excluding carboxylic acids is 2. The Kier molecular flexibility index (Phi) is 12.6. The molecule has 0 aromatic heterocycles. The van der Waals surface area contributed by atoms with E-state index in [1.807, 2.05) is 6.92 Å². The van der Waals surface area contributed by atoms with Crippen molar-refractivity contribution in [3.63, 3.8) is 0 Å². The van der Waals surface area contributed by atoms with Gasteiger partial charge < -0.3 is 14.2 Å². The first-order valence-corrected chi connectivity index (χ1v) is 17.1. The molecule has 0 aliphatic rings. The lowest BCUT2D eigenvalue weighted by molar-refractivity contribution is -0.143. The van der Waals surface area contributed by atoms with Crippen molar-refractivity contribution in [1.29, 1.82) is 0 Å². The third-order valence-electron chi connectivity index (χ3n) is 4.25. The molecule has 1 atom stereocenters. The third-order valence-corrected chi connectivity index (χ3v) is 8.57. The Morgan fingerprint density at radius 3 is 2.08 bits per heavy atom. The van der Waals surface area contributed by atoms with E-state index in [4.69, 9.17) is 14.2 Å². The smallest absolute Gasteiger partial charge is 0.306 e. The number of hydrogen-bond acceptors (Lipinski definition) is 5. The van der Waals surface area contributed by atoms with E-state index in [1.165, 1.54) is 0 Å². The summed E-state index contributed by atoms with van der Waals surface area (Å²) in [4.78, 5) is 24.1. The lowest BCUT2D eigenvalue weighted by Crippen LogP contribution is -2.35. The van der Waals surface area contributed by atoms with Crippen LogP contribution in [0, 0.1) is 0 Å². The lowest BCUT2D eigenvalue weighted by atomic mass is 10.1. The second-order valence-corrected chi connectivity index (χ2v) is 20.1. The van der Waals surface area contributed by atoms with Crippen molar-refractivity contribution < 1.29 is 23.8 Å². The Balaban J connectivity index is 3.88. The van der Waals surface area contributed by atoms with Crippen LogP contribution in [0.1, 0.15) is 32.6 Å². The molecule has 0 N–H and O–H groups in total. The maximum atomic E-state index is 12.1. The van der Waals surface area contributed by atoms with E-state index in [2.05, 4.69) is 39.3 Å². The van der Waals surface area contributed by atoms with Crippen LogP contribution in [0.4, 0.5) is 0 Å². The van der Waals surface area contributed by atoms with Crippen LogP contribution in [0.15, 0.2) is 0 Å². The van der Waals surface area contributed by atoms with Crippen LogP contribution in [0.5, 0.6) is 0 Å². The highest BCUT2D eigenvalue weighted by molar-refractivity contribution is 6.80. The molecule has 0 saturated carbocycles. The number of esters is 1. The topological polar surface area (TPSA) is 61.8 Å². The summed E-state index contributed by atoms with van der Waals surface area (Å²) in [5.74, 6) is 0.0863. The fourth-order valence-electron chi connectivity index (χ4n) is 2.52. The molecule has 0 aliphatic carbocycles. The van der Waals surface area contributed by atoms with E-state index < -0.39 is 16.1 Å². The summed E-state index contributed by atoms with van der Waals surface area (Å²) in [6.07, 6.45) is 2.38. The molecule has 0 fully saturated rings. The van der Waals surface area contributed by atoms with Crippen LogP contribution in [-0.2, 0) is 23.8 Å². The van der Waals surface area contributed by atoms with E-state index in [9.17, 15) is 9.59 Å². The van der Waals surface area contributed by atoms with Gasteiger partial charge in [-0.1, -0.05) is 39.3 Å². The van der Waals surface area contributed by atoms with Gasteiger partial charge in [0.25, 0.3) is 0 Å². The zero-order valence-electron chi connectivity index (χ0n) is 18.0. The zero-order chi connectivity index (χ0) is 20.2. The second-order valence-electron chi connectivity index (χ2n) is 9.10. The molecule has 0 spiro atoms. The molecule has 0 heterocycles. The molecule has 0 radical (unpaired) electrons. The van der Waals surface area contributed by atoms with E-state index >= 15 is 0 Å². The fraction of sp³-hybridized carbons (Fsp3) is 0.895. The first kappa shape index (κ1) is 25.5. The van der Waals surface area contributed by atoms with Gasteiger partial charge in [0.15, 0.2) is 0 Å². The van der Waals surface area contributed by atoms with Crippen molar-refractivity contribution >= 4 is 27.9 Å². The maximum Gasteiger partial charge on any atom is 0.306 e. The summed E-state index contributed by atoms with van der Waals surface area (Å²) in [6.45, 7) is 17.1. The Hall–Kier alpha value is -0.506. The number of ketones is 1. The molecule has 0 aliphatic heterocycles. The predicted molar refractivity (Wildman–Crippen MR) is 112 cm³/mol. The Morgan fingerprint density at radius 1 is 0.923 bits per heavy atom. The highest BCUT2D eigenvalue weighted by Crippen LogP contribution is 2.29. The van der Waals surface area contributed by atoms with Crippen molar-refractivity contribution in [3.8, 4) is 0 Å². The van der Waals surface area contributed by atoms with Crippen LogP contribution in [-0.4, -0.2) is 54.5 Å². The van der Waals surface area contributed by atoms with Gasteiger partial charge in [-0.05, 0) is 25.8 Å². The molecule has 0 rings (SSSR count). The predicted octanol–water partition coefficient (Wildman–Crippen LogP) is 4.72. The number of carbonyl (C=O) groups is 2. The van der Waals surface area contributed by atoms with E-state index in [0.29, 0.717) is 26.1 Å². The quantitative estimate of drug-likeness (QED) is 0.171. The van der Waals surface area contributed by atoms with Crippen LogP contribution >= 0.6 is 0 Å². The van der Waals surface area contributed by atoms with E-state index in [0.717, 1.165) is 25.5 Å². The van der Waals surface area contributed by atoms with Crippen LogP contribution in [0.2, 0.25) is 50.9 Å². The molecular weight excluding hydrogens is 364 g/mol. The number of Topliss-reactive ketones (excluding diaryl/α,β-unsaturated/α-hetero) is 1. The molecule has 5 nitrogen and oxygen atoms in total. The van der Waals surface area contributed by atoms with Crippen molar-refractivity contribution in [2.75, 3.05) is 26.6 Å². The molecule has 26 heavy (non-hydrogen) atoms. The van der Waals surface area contributed by atoms with Gasteiger partial charge in [0.05, 0.1) is 26.8 Å². The van der Waals surface area contributed by atoms with Crippen molar-refractivity contribution in [3.05, 3.63) is 0 Å². The van der Waals surface area contributed by atoms with Crippen molar-refractivity contribution in [2.24, 2.45) is 0 Å². The molecule has 154 valence electrons. The largest absolute Gasteiger partial charge is 0.466 e. The lowest BCUT2D eigenvalue weighted by Gasteiger charge is -2.26. The van der Waals surface area contributed by atoms with Crippen LogP contribution < -0.4 is 0 Å². The average Bonchev–Trinajstić information content (AvgIpc) is 2.48. The van der Waals surface area contributed by atoms with Gasteiger partial charge in [-0.3, -0.25) is 9.59 Å². The molecule has 1 unspecified atom stereocenters. The van der Waals surface area contributed by atoms with E-state index in [1.54, 1.807) is 0 Å². The second kappa shape index (κ2) is 12.8. The van der Waals surface area contributed by atoms with Crippen molar-refractivity contribution in [1.82, 2.24) is 0 Å². The van der Waals surface area contributed by atoms with Gasteiger partial charge in [-0.25, -0.2) is 0 Å². The monoisotopic (exact) mass is 404 g/mol. The van der Waals surface area contributed by atoms with Crippen LogP contribution in [0.25, 0.3) is 0 Å². The number of rotatable bonds is 15. The highest BCUT2D eigenvalue weighted by atomic mass is 28.3. The van der Waals surface area contributed by atoms with Gasteiger partial charge in [0, 0.05) is 27.5 Å². The standard InChI is InChI=1S/C19H40O5Si2/c1-8-24-19(21)18(26(5,6)7)11-9-10-17(20)12-13-22-16-23-14-15-25(2,3)4/h18H,8-16H2,1-7H3. The SMILES string of the molecule is CCOC(=O)C(CCCC(=O)CCOCOCC[Si](C)(C)C)[Si](C)(C)C. The summed E-state index contributed by atoms with van der Waals surface area (Å²) >= 11 is 0. The molecule has 0 aromatic rings.